The van der Waals surface area contributed by atoms with E-state index in [4.69, 9.17) is 5.73 Å². The third-order valence-electron chi connectivity index (χ3n) is 2.59. The first-order chi connectivity index (χ1) is 8.01. The van der Waals surface area contributed by atoms with Crippen molar-refractivity contribution in [3.8, 4) is 0 Å². The van der Waals surface area contributed by atoms with E-state index in [9.17, 15) is 8.78 Å². The smallest absolute Gasteiger partial charge is 0.126 e. The van der Waals surface area contributed by atoms with Gasteiger partial charge in [-0.3, -0.25) is 0 Å². The SMILES string of the molecule is CCC(C)SCC(N)Cc1cc(F)cc(F)c1. The maximum atomic E-state index is 13.0. The minimum Gasteiger partial charge on any atom is -0.327 e. The summed E-state index contributed by atoms with van der Waals surface area (Å²) in [6, 6.07) is 3.51. The van der Waals surface area contributed by atoms with Gasteiger partial charge in [-0.1, -0.05) is 13.8 Å². The maximum Gasteiger partial charge on any atom is 0.126 e. The van der Waals surface area contributed by atoms with Crippen molar-refractivity contribution in [2.24, 2.45) is 5.73 Å². The van der Waals surface area contributed by atoms with Gasteiger partial charge in [-0.15, -0.1) is 0 Å². The second-order valence-corrected chi connectivity index (χ2v) is 5.77. The van der Waals surface area contributed by atoms with Crippen LogP contribution in [0.25, 0.3) is 0 Å². The summed E-state index contributed by atoms with van der Waals surface area (Å²) in [5.41, 5.74) is 6.57. The molecule has 0 fully saturated rings. The lowest BCUT2D eigenvalue weighted by Gasteiger charge is -2.14. The third kappa shape index (κ3) is 5.50. The highest BCUT2D eigenvalue weighted by Crippen LogP contribution is 2.16. The topological polar surface area (TPSA) is 26.0 Å². The first-order valence-electron chi connectivity index (χ1n) is 5.83. The summed E-state index contributed by atoms with van der Waals surface area (Å²) in [4.78, 5) is 0. The quantitative estimate of drug-likeness (QED) is 0.847. The minimum absolute atomic E-state index is 0.0600. The molecular formula is C13H19F2NS. The van der Waals surface area contributed by atoms with Crippen LogP contribution in [0, 0.1) is 11.6 Å². The molecule has 0 saturated carbocycles. The second-order valence-electron chi connectivity index (χ2n) is 4.29. The molecule has 0 aliphatic carbocycles. The van der Waals surface area contributed by atoms with E-state index in [1.54, 1.807) is 11.8 Å². The van der Waals surface area contributed by atoms with E-state index < -0.39 is 11.6 Å². The molecule has 0 aliphatic rings. The standard InChI is InChI=1S/C13H19F2NS/c1-3-9(2)17-8-13(16)6-10-4-11(14)7-12(15)5-10/h4-5,7,9,13H,3,6,8,16H2,1-2H3. The van der Waals surface area contributed by atoms with Gasteiger partial charge < -0.3 is 5.73 Å². The summed E-state index contributed by atoms with van der Waals surface area (Å²) in [6.07, 6.45) is 1.62. The highest BCUT2D eigenvalue weighted by atomic mass is 32.2. The third-order valence-corrected chi connectivity index (χ3v) is 4.11. The van der Waals surface area contributed by atoms with Crippen LogP contribution in [0.4, 0.5) is 8.78 Å². The maximum absolute atomic E-state index is 13.0. The van der Waals surface area contributed by atoms with Crippen molar-refractivity contribution in [3.63, 3.8) is 0 Å². The average Bonchev–Trinajstić information content (AvgIpc) is 2.24. The molecule has 96 valence electrons. The lowest BCUT2D eigenvalue weighted by molar-refractivity contribution is 0.577. The zero-order chi connectivity index (χ0) is 12.8. The van der Waals surface area contributed by atoms with Crippen LogP contribution in [0.3, 0.4) is 0 Å². The summed E-state index contributed by atoms with van der Waals surface area (Å²) < 4.78 is 25.9. The largest absolute Gasteiger partial charge is 0.327 e. The van der Waals surface area contributed by atoms with E-state index in [1.165, 1.54) is 12.1 Å². The first-order valence-corrected chi connectivity index (χ1v) is 6.88. The molecular weight excluding hydrogens is 240 g/mol. The predicted octanol–water partition coefficient (Wildman–Crippen LogP) is 3.37. The van der Waals surface area contributed by atoms with Crippen molar-refractivity contribution in [1.82, 2.24) is 0 Å². The fourth-order valence-corrected chi connectivity index (χ4v) is 2.43. The summed E-state index contributed by atoms with van der Waals surface area (Å²) in [7, 11) is 0. The number of hydrogen-bond acceptors (Lipinski definition) is 2. The Morgan fingerprint density at radius 3 is 2.35 bits per heavy atom. The van der Waals surface area contributed by atoms with Crippen LogP contribution in [0.5, 0.6) is 0 Å². The molecule has 2 atom stereocenters. The molecule has 0 aromatic heterocycles. The molecule has 4 heteroatoms. The van der Waals surface area contributed by atoms with Crippen LogP contribution < -0.4 is 5.73 Å². The van der Waals surface area contributed by atoms with Crippen molar-refractivity contribution >= 4 is 11.8 Å². The summed E-state index contributed by atoms with van der Waals surface area (Å²) >= 11 is 1.80. The molecule has 0 heterocycles. The Balaban J connectivity index is 2.47. The van der Waals surface area contributed by atoms with Crippen molar-refractivity contribution in [2.75, 3.05) is 5.75 Å². The fraction of sp³-hybridized carbons (Fsp3) is 0.538. The van der Waals surface area contributed by atoms with Crippen LogP contribution in [-0.2, 0) is 6.42 Å². The van der Waals surface area contributed by atoms with Gasteiger partial charge in [-0.2, -0.15) is 11.8 Å². The van der Waals surface area contributed by atoms with Gasteiger partial charge >= 0.3 is 0 Å². The van der Waals surface area contributed by atoms with Crippen LogP contribution in [0.1, 0.15) is 25.8 Å². The Labute approximate surface area is 106 Å². The van der Waals surface area contributed by atoms with Gasteiger partial charge in [-0.25, -0.2) is 8.78 Å². The molecule has 1 aromatic carbocycles. The molecule has 1 rings (SSSR count). The van der Waals surface area contributed by atoms with E-state index in [0.717, 1.165) is 18.2 Å². The Hall–Kier alpha value is -0.610. The van der Waals surface area contributed by atoms with E-state index in [1.807, 2.05) is 0 Å². The molecule has 0 amide bonds. The summed E-state index contributed by atoms with van der Waals surface area (Å²) in [5.74, 6) is -0.267. The Bertz CT molecular complexity index is 337. The van der Waals surface area contributed by atoms with Crippen LogP contribution in [-0.4, -0.2) is 17.0 Å². The second kappa shape index (κ2) is 6.97. The van der Waals surface area contributed by atoms with Gasteiger partial charge in [0.25, 0.3) is 0 Å². The number of nitrogens with two attached hydrogens (primary N) is 1. The van der Waals surface area contributed by atoms with Gasteiger partial charge in [0, 0.05) is 23.1 Å². The van der Waals surface area contributed by atoms with Crippen molar-refractivity contribution in [2.45, 2.75) is 38.0 Å². The lowest BCUT2D eigenvalue weighted by Crippen LogP contribution is -2.26. The number of hydrogen-bond donors (Lipinski definition) is 1. The highest BCUT2D eigenvalue weighted by molar-refractivity contribution is 7.99. The van der Waals surface area contributed by atoms with Crippen LogP contribution in [0.15, 0.2) is 18.2 Å². The van der Waals surface area contributed by atoms with Gasteiger partial charge in [0.15, 0.2) is 0 Å². The van der Waals surface area contributed by atoms with E-state index in [2.05, 4.69) is 13.8 Å². The fourth-order valence-electron chi connectivity index (χ4n) is 1.50. The molecule has 0 aliphatic heterocycles. The molecule has 2 unspecified atom stereocenters. The average molecular weight is 259 g/mol. The van der Waals surface area contributed by atoms with E-state index >= 15 is 0 Å². The Morgan fingerprint density at radius 2 is 1.82 bits per heavy atom. The van der Waals surface area contributed by atoms with Crippen molar-refractivity contribution < 1.29 is 8.78 Å². The van der Waals surface area contributed by atoms with Gasteiger partial charge in [-0.05, 0) is 30.5 Å². The zero-order valence-corrected chi connectivity index (χ0v) is 11.1. The number of thioether (sulfide) groups is 1. The van der Waals surface area contributed by atoms with E-state index in [-0.39, 0.29) is 6.04 Å². The monoisotopic (exact) mass is 259 g/mol. The van der Waals surface area contributed by atoms with Crippen molar-refractivity contribution in [3.05, 3.63) is 35.4 Å². The molecule has 17 heavy (non-hydrogen) atoms. The van der Waals surface area contributed by atoms with Gasteiger partial charge in [0.2, 0.25) is 0 Å². The number of benzene rings is 1. The van der Waals surface area contributed by atoms with E-state index in [0.29, 0.717) is 17.2 Å². The first kappa shape index (κ1) is 14.5. The lowest BCUT2D eigenvalue weighted by atomic mass is 10.1. The van der Waals surface area contributed by atoms with Crippen molar-refractivity contribution in [1.29, 1.82) is 0 Å². The molecule has 0 bridgehead atoms. The normalized spacial score (nSPS) is 14.6. The zero-order valence-electron chi connectivity index (χ0n) is 10.2. The minimum atomic E-state index is -0.540. The van der Waals surface area contributed by atoms with Gasteiger partial charge in [0.05, 0.1) is 0 Å². The Morgan fingerprint density at radius 1 is 1.24 bits per heavy atom. The molecule has 1 aromatic rings. The Kier molecular flexibility index (Phi) is 5.92. The number of rotatable bonds is 6. The molecule has 0 spiro atoms. The predicted molar refractivity (Wildman–Crippen MR) is 70.2 cm³/mol. The van der Waals surface area contributed by atoms with Crippen LogP contribution in [0.2, 0.25) is 0 Å². The summed E-state index contributed by atoms with van der Waals surface area (Å²) in [6.45, 7) is 4.28. The molecule has 1 nitrogen and oxygen atoms in total. The molecule has 2 N–H and O–H groups in total. The molecule has 0 radical (unpaired) electrons. The van der Waals surface area contributed by atoms with Crippen LogP contribution >= 0.6 is 11.8 Å². The number of halogens is 2. The highest BCUT2D eigenvalue weighted by Gasteiger charge is 2.09. The molecule has 0 saturated heterocycles. The summed E-state index contributed by atoms with van der Waals surface area (Å²) in [5, 5.41) is 0.574. The van der Waals surface area contributed by atoms with Gasteiger partial charge in [0.1, 0.15) is 11.6 Å².